The number of hydrogen-bond acceptors (Lipinski definition) is 3. The van der Waals surface area contributed by atoms with Crippen LogP contribution in [0.5, 0.6) is 0 Å². The number of rotatable bonds is 5. The predicted octanol–water partition coefficient (Wildman–Crippen LogP) is 4.74. The van der Waals surface area contributed by atoms with Crippen LogP contribution in [-0.2, 0) is 6.54 Å². The van der Waals surface area contributed by atoms with E-state index in [4.69, 9.17) is 0 Å². The van der Waals surface area contributed by atoms with Crippen LogP contribution in [0.1, 0.15) is 41.3 Å². The lowest BCUT2D eigenvalue weighted by molar-refractivity contribution is 0.0976. The average molecular weight is 390 g/mol. The third kappa shape index (κ3) is 5.97. The number of halogens is 1. The Morgan fingerprint density at radius 3 is 2.45 bits per heavy atom. The number of pyridine rings is 1. The maximum absolute atomic E-state index is 13.5. The fourth-order valence-corrected chi connectivity index (χ4v) is 2.67. The molecule has 2 N–H and O–H groups in total. The molecule has 1 heterocycles. The highest BCUT2D eigenvalue weighted by Gasteiger charge is 2.10. The third-order valence-corrected chi connectivity index (χ3v) is 4.33. The topological polar surface area (TPSA) is 66.4 Å². The van der Waals surface area contributed by atoms with E-state index in [1.165, 1.54) is 23.8 Å². The molecular weight excluding hydrogens is 367 g/mol. The van der Waals surface area contributed by atoms with Crippen molar-refractivity contribution in [3.05, 3.63) is 95.6 Å². The zero-order chi connectivity index (χ0) is 20.6. The van der Waals surface area contributed by atoms with Crippen molar-refractivity contribution >= 4 is 17.6 Å². The zero-order valence-electron chi connectivity index (χ0n) is 16.4. The second-order valence-electron chi connectivity index (χ2n) is 6.89. The van der Waals surface area contributed by atoms with Gasteiger partial charge in [-0.15, -0.1) is 0 Å². The van der Waals surface area contributed by atoms with E-state index in [1.807, 2.05) is 36.4 Å². The Bertz CT molecular complexity index is 985. The molecule has 0 fully saturated rings. The lowest BCUT2D eigenvalue weighted by Crippen LogP contribution is -2.36. The number of carbonyl (C=O) groups is 1. The van der Waals surface area contributed by atoms with Gasteiger partial charge >= 0.3 is 0 Å². The Kier molecular flexibility index (Phi) is 6.68. The molecule has 2 aromatic carbocycles. The molecule has 5 nitrogen and oxygen atoms in total. The van der Waals surface area contributed by atoms with Crippen molar-refractivity contribution < 1.29 is 9.18 Å². The monoisotopic (exact) mass is 390 g/mol. The Balaban J connectivity index is 1.79. The van der Waals surface area contributed by atoms with E-state index in [0.717, 1.165) is 11.3 Å². The van der Waals surface area contributed by atoms with Gasteiger partial charge in [0.2, 0.25) is 5.96 Å². The van der Waals surface area contributed by atoms with Gasteiger partial charge in [-0.25, -0.2) is 9.38 Å². The summed E-state index contributed by atoms with van der Waals surface area (Å²) in [6, 6.07) is 17.2. The first kappa shape index (κ1) is 20.2. The zero-order valence-corrected chi connectivity index (χ0v) is 16.4. The van der Waals surface area contributed by atoms with Crippen LogP contribution in [0.2, 0.25) is 0 Å². The second-order valence-corrected chi connectivity index (χ2v) is 6.89. The quantitative estimate of drug-likeness (QED) is 0.488. The minimum absolute atomic E-state index is 0.221. The van der Waals surface area contributed by atoms with E-state index in [0.29, 0.717) is 12.5 Å². The number of nitrogens with one attached hydrogen (secondary N) is 2. The molecule has 0 radical (unpaired) electrons. The van der Waals surface area contributed by atoms with Crippen molar-refractivity contribution in [2.24, 2.45) is 4.99 Å². The summed E-state index contributed by atoms with van der Waals surface area (Å²) >= 11 is 0. The van der Waals surface area contributed by atoms with Crippen molar-refractivity contribution in [1.82, 2.24) is 10.3 Å². The van der Waals surface area contributed by atoms with Gasteiger partial charge in [0.25, 0.3) is 5.91 Å². The summed E-state index contributed by atoms with van der Waals surface area (Å²) in [6.07, 6.45) is 3.38. The van der Waals surface area contributed by atoms with Crippen molar-refractivity contribution in [1.29, 1.82) is 0 Å². The summed E-state index contributed by atoms with van der Waals surface area (Å²) in [4.78, 5) is 21.0. The Hall–Kier alpha value is -3.54. The van der Waals surface area contributed by atoms with Gasteiger partial charge in [-0.1, -0.05) is 32.0 Å². The maximum atomic E-state index is 13.5. The summed E-state index contributed by atoms with van der Waals surface area (Å²) in [7, 11) is 0. The molecule has 0 aliphatic heterocycles. The van der Waals surface area contributed by atoms with Gasteiger partial charge in [0.05, 0.1) is 6.54 Å². The van der Waals surface area contributed by atoms with E-state index in [1.54, 1.807) is 18.5 Å². The number of amides is 1. The number of aliphatic imine (C=N–C) groups is 1. The number of aromatic nitrogens is 1. The van der Waals surface area contributed by atoms with Gasteiger partial charge in [-0.3, -0.25) is 15.1 Å². The molecule has 0 atom stereocenters. The Morgan fingerprint density at radius 2 is 1.79 bits per heavy atom. The summed E-state index contributed by atoms with van der Waals surface area (Å²) < 4.78 is 13.5. The molecule has 1 aromatic heterocycles. The molecule has 6 heteroatoms. The Labute approximate surface area is 169 Å². The fraction of sp³-hybridized carbons (Fsp3) is 0.174. The molecule has 0 aliphatic carbocycles. The molecule has 0 saturated carbocycles. The van der Waals surface area contributed by atoms with Crippen molar-refractivity contribution in [3.8, 4) is 0 Å². The van der Waals surface area contributed by atoms with E-state index < -0.39 is 11.7 Å². The summed E-state index contributed by atoms with van der Waals surface area (Å²) in [5.41, 5.74) is 3.19. The fourth-order valence-electron chi connectivity index (χ4n) is 2.67. The lowest BCUT2D eigenvalue weighted by Gasteiger charge is -2.13. The first-order valence-electron chi connectivity index (χ1n) is 9.38. The van der Waals surface area contributed by atoms with Crippen LogP contribution in [0.15, 0.2) is 78.0 Å². The minimum Gasteiger partial charge on any atom is -0.326 e. The third-order valence-electron chi connectivity index (χ3n) is 4.33. The van der Waals surface area contributed by atoms with E-state index in [-0.39, 0.29) is 11.5 Å². The number of anilines is 1. The number of benzene rings is 2. The van der Waals surface area contributed by atoms with Crippen LogP contribution in [0.3, 0.4) is 0 Å². The molecule has 29 heavy (non-hydrogen) atoms. The van der Waals surface area contributed by atoms with Crippen molar-refractivity contribution in [2.45, 2.75) is 26.3 Å². The molecule has 0 bridgehead atoms. The van der Waals surface area contributed by atoms with Gasteiger partial charge in [-0.05, 0) is 59.5 Å². The van der Waals surface area contributed by atoms with Gasteiger partial charge < -0.3 is 5.32 Å². The normalized spacial score (nSPS) is 11.4. The van der Waals surface area contributed by atoms with Crippen molar-refractivity contribution in [2.75, 3.05) is 5.32 Å². The summed E-state index contributed by atoms with van der Waals surface area (Å²) in [5.74, 6) is -0.195. The number of nitrogens with zero attached hydrogens (tertiary/aromatic N) is 2. The van der Waals surface area contributed by atoms with Crippen LogP contribution < -0.4 is 10.6 Å². The average Bonchev–Trinajstić information content (AvgIpc) is 2.73. The first-order valence-corrected chi connectivity index (χ1v) is 9.38. The molecular formula is C23H23FN4O. The van der Waals surface area contributed by atoms with E-state index in [9.17, 15) is 9.18 Å². The smallest absolute Gasteiger partial charge is 0.258 e. The second kappa shape index (κ2) is 9.59. The molecule has 1 amide bonds. The number of carbonyl (C=O) groups excluding carboxylic acids is 1. The highest BCUT2D eigenvalue weighted by atomic mass is 19.1. The lowest BCUT2D eigenvalue weighted by atomic mass is 10.0. The maximum Gasteiger partial charge on any atom is 0.258 e. The van der Waals surface area contributed by atoms with Crippen LogP contribution in [0.4, 0.5) is 10.1 Å². The molecule has 0 spiro atoms. The van der Waals surface area contributed by atoms with Crippen LogP contribution in [0, 0.1) is 5.82 Å². The molecule has 0 saturated heterocycles. The van der Waals surface area contributed by atoms with E-state index >= 15 is 0 Å². The van der Waals surface area contributed by atoms with Gasteiger partial charge in [0.15, 0.2) is 0 Å². The number of hydrogen-bond donors (Lipinski definition) is 2. The minimum atomic E-state index is -0.467. The Morgan fingerprint density at radius 1 is 1.07 bits per heavy atom. The van der Waals surface area contributed by atoms with Crippen LogP contribution in [-0.4, -0.2) is 16.9 Å². The highest BCUT2D eigenvalue weighted by molar-refractivity contribution is 6.09. The van der Waals surface area contributed by atoms with E-state index in [2.05, 4.69) is 34.5 Å². The highest BCUT2D eigenvalue weighted by Crippen LogP contribution is 2.17. The van der Waals surface area contributed by atoms with Crippen LogP contribution >= 0.6 is 0 Å². The summed E-state index contributed by atoms with van der Waals surface area (Å²) in [6.45, 7) is 4.62. The predicted molar refractivity (Wildman–Crippen MR) is 113 cm³/mol. The van der Waals surface area contributed by atoms with Gasteiger partial charge in [0, 0.05) is 23.6 Å². The molecule has 148 valence electrons. The molecule has 0 aliphatic rings. The van der Waals surface area contributed by atoms with Crippen molar-refractivity contribution in [3.63, 3.8) is 0 Å². The summed E-state index contributed by atoms with van der Waals surface area (Å²) in [5, 5.41) is 5.87. The molecule has 0 unspecified atom stereocenters. The van der Waals surface area contributed by atoms with Gasteiger partial charge in [0.1, 0.15) is 5.82 Å². The van der Waals surface area contributed by atoms with Gasteiger partial charge in [-0.2, -0.15) is 0 Å². The standard InChI is InChI=1S/C23H23FN4O/c1-16(2)18-6-8-21(9-7-18)27-23(26-15-17-10-12-25-13-11-17)28-22(29)19-4-3-5-20(24)14-19/h3-14,16H,15H2,1-2H3,(H2,26,27,28,29). The number of guanidine groups is 1. The molecule has 3 aromatic rings. The SMILES string of the molecule is CC(C)c1ccc(NC(=NCc2ccncc2)NC(=O)c2cccc(F)c2)cc1. The molecule has 3 rings (SSSR count). The van der Waals surface area contributed by atoms with Crippen LogP contribution in [0.25, 0.3) is 0 Å². The largest absolute Gasteiger partial charge is 0.326 e. The first-order chi connectivity index (χ1) is 14.0.